The van der Waals surface area contributed by atoms with Crippen molar-refractivity contribution in [3.05, 3.63) is 94.0 Å². The molecular weight excluding hydrogens is 470 g/mol. The Morgan fingerprint density at radius 1 is 1.09 bits per heavy atom. The van der Waals surface area contributed by atoms with Crippen LogP contribution in [0.4, 0.5) is 14.5 Å². The Hall–Kier alpha value is -3.49. The van der Waals surface area contributed by atoms with Gasteiger partial charge in [0, 0.05) is 22.2 Å². The van der Waals surface area contributed by atoms with Crippen molar-refractivity contribution in [1.29, 1.82) is 0 Å². The number of carbonyl (C=O) groups excluding carboxylic acids is 1. The van der Waals surface area contributed by atoms with Crippen LogP contribution < -0.4 is 14.8 Å². The van der Waals surface area contributed by atoms with Crippen LogP contribution in [0.2, 0.25) is 5.02 Å². The summed E-state index contributed by atoms with van der Waals surface area (Å²) in [6, 6.07) is 15.1. The number of thiazole rings is 1. The summed E-state index contributed by atoms with van der Waals surface area (Å²) in [5.74, 6) is -0.411. The molecule has 0 saturated heterocycles. The lowest BCUT2D eigenvalue weighted by Crippen LogP contribution is -2.12. The van der Waals surface area contributed by atoms with Crippen LogP contribution in [0, 0.1) is 11.6 Å². The number of hydrogen-bond donors (Lipinski definition) is 1. The van der Waals surface area contributed by atoms with Crippen LogP contribution in [0.25, 0.3) is 10.6 Å². The number of rotatable bonds is 7. The molecule has 0 aliphatic rings. The van der Waals surface area contributed by atoms with Crippen molar-refractivity contribution in [2.75, 3.05) is 12.4 Å². The topological polar surface area (TPSA) is 60.5 Å². The molecule has 4 aromatic rings. The van der Waals surface area contributed by atoms with Crippen molar-refractivity contribution in [1.82, 2.24) is 4.98 Å². The fourth-order valence-corrected chi connectivity index (χ4v) is 3.99. The first-order chi connectivity index (χ1) is 15.9. The molecule has 4 rings (SSSR count). The van der Waals surface area contributed by atoms with Gasteiger partial charge in [-0.25, -0.2) is 13.8 Å². The molecule has 168 valence electrons. The van der Waals surface area contributed by atoms with Gasteiger partial charge in [0.2, 0.25) is 0 Å². The number of hydrogen-bond acceptors (Lipinski definition) is 5. The SMILES string of the molecule is COc1cc(-c2nc(C(=O)Nc3ccc(F)cc3)cs2)ccc1OCc1c(F)cccc1Cl. The van der Waals surface area contributed by atoms with Crippen LogP contribution >= 0.6 is 22.9 Å². The number of nitrogens with one attached hydrogen (secondary N) is 1. The van der Waals surface area contributed by atoms with E-state index < -0.39 is 11.7 Å². The Labute approximate surface area is 197 Å². The second kappa shape index (κ2) is 9.97. The standard InChI is InChI=1S/C24H17ClF2N2O3S/c1-31-22-11-14(5-10-21(22)32-12-17-18(25)3-2-4-19(17)27)24-29-20(13-33-24)23(30)28-16-8-6-15(26)7-9-16/h2-11,13H,12H2,1H3,(H,28,30). The Bertz CT molecular complexity index is 1280. The smallest absolute Gasteiger partial charge is 0.275 e. The van der Waals surface area contributed by atoms with Crippen LogP contribution in [-0.2, 0) is 6.61 Å². The summed E-state index contributed by atoms with van der Waals surface area (Å²) in [5.41, 5.74) is 1.66. The lowest BCUT2D eigenvalue weighted by atomic mass is 10.2. The molecule has 0 bridgehead atoms. The summed E-state index contributed by atoms with van der Waals surface area (Å²) in [6.45, 7) is -0.0633. The highest BCUT2D eigenvalue weighted by Crippen LogP contribution is 2.35. The zero-order valence-corrected chi connectivity index (χ0v) is 18.8. The molecule has 1 aromatic heterocycles. The number of aromatic nitrogens is 1. The maximum absolute atomic E-state index is 14.0. The largest absolute Gasteiger partial charge is 0.493 e. The Morgan fingerprint density at radius 2 is 1.88 bits per heavy atom. The minimum atomic E-state index is -0.452. The molecule has 0 saturated carbocycles. The van der Waals surface area contributed by atoms with E-state index >= 15 is 0 Å². The average molecular weight is 487 g/mol. The first kappa shape index (κ1) is 22.7. The molecule has 5 nitrogen and oxygen atoms in total. The summed E-state index contributed by atoms with van der Waals surface area (Å²) in [5, 5.41) is 5.18. The summed E-state index contributed by atoms with van der Waals surface area (Å²) in [7, 11) is 1.49. The number of ether oxygens (including phenoxy) is 2. The van der Waals surface area contributed by atoms with Gasteiger partial charge in [-0.1, -0.05) is 17.7 Å². The van der Waals surface area contributed by atoms with Crippen molar-refractivity contribution in [3.8, 4) is 22.1 Å². The molecular formula is C24H17ClF2N2O3S. The van der Waals surface area contributed by atoms with E-state index in [1.807, 2.05) is 0 Å². The van der Waals surface area contributed by atoms with E-state index in [-0.39, 0.29) is 28.7 Å². The molecule has 1 amide bonds. The summed E-state index contributed by atoms with van der Waals surface area (Å²) >= 11 is 7.34. The highest BCUT2D eigenvalue weighted by Gasteiger charge is 2.15. The Balaban J connectivity index is 1.49. The van der Waals surface area contributed by atoms with E-state index in [1.54, 1.807) is 29.6 Å². The molecule has 9 heteroatoms. The minimum Gasteiger partial charge on any atom is -0.493 e. The van der Waals surface area contributed by atoms with E-state index in [0.717, 1.165) is 0 Å². The number of halogens is 3. The number of carbonyl (C=O) groups is 1. The predicted molar refractivity (Wildman–Crippen MR) is 124 cm³/mol. The number of nitrogens with zero attached hydrogens (tertiary/aromatic N) is 1. The molecule has 1 heterocycles. The fraction of sp³-hybridized carbons (Fsp3) is 0.0833. The predicted octanol–water partition coefficient (Wildman–Crippen LogP) is 6.58. The maximum atomic E-state index is 14.0. The maximum Gasteiger partial charge on any atom is 0.275 e. The molecule has 1 N–H and O–H groups in total. The quantitative estimate of drug-likeness (QED) is 0.320. The Kier molecular flexibility index (Phi) is 6.86. The zero-order chi connectivity index (χ0) is 23.4. The third kappa shape index (κ3) is 5.30. The molecule has 0 spiro atoms. The number of anilines is 1. The van der Waals surface area contributed by atoms with Crippen molar-refractivity contribution >= 4 is 34.5 Å². The lowest BCUT2D eigenvalue weighted by Gasteiger charge is -2.13. The fourth-order valence-electron chi connectivity index (χ4n) is 2.98. The van der Waals surface area contributed by atoms with Crippen LogP contribution in [-0.4, -0.2) is 18.0 Å². The lowest BCUT2D eigenvalue weighted by molar-refractivity contribution is 0.102. The molecule has 0 atom stereocenters. The van der Waals surface area contributed by atoms with Gasteiger partial charge in [-0.3, -0.25) is 4.79 Å². The van der Waals surface area contributed by atoms with Gasteiger partial charge in [-0.15, -0.1) is 11.3 Å². The van der Waals surface area contributed by atoms with Gasteiger partial charge in [-0.05, 0) is 54.6 Å². The Morgan fingerprint density at radius 3 is 2.61 bits per heavy atom. The van der Waals surface area contributed by atoms with Gasteiger partial charge < -0.3 is 14.8 Å². The third-order valence-electron chi connectivity index (χ3n) is 4.68. The van der Waals surface area contributed by atoms with Crippen molar-refractivity contribution in [2.45, 2.75) is 6.61 Å². The van der Waals surface area contributed by atoms with Gasteiger partial charge in [0.1, 0.15) is 28.9 Å². The monoisotopic (exact) mass is 486 g/mol. The summed E-state index contributed by atoms with van der Waals surface area (Å²) < 4.78 is 38.2. The van der Waals surface area contributed by atoms with Gasteiger partial charge in [0.05, 0.1) is 12.1 Å². The molecule has 0 fully saturated rings. The minimum absolute atomic E-state index is 0.0633. The van der Waals surface area contributed by atoms with E-state index in [4.69, 9.17) is 21.1 Å². The zero-order valence-electron chi connectivity index (χ0n) is 17.3. The van der Waals surface area contributed by atoms with Gasteiger partial charge >= 0.3 is 0 Å². The second-order valence-corrected chi connectivity index (χ2v) is 8.12. The van der Waals surface area contributed by atoms with Crippen molar-refractivity contribution in [3.63, 3.8) is 0 Å². The second-order valence-electron chi connectivity index (χ2n) is 6.85. The average Bonchev–Trinajstić information content (AvgIpc) is 3.31. The number of amides is 1. The van der Waals surface area contributed by atoms with Crippen LogP contribution in [0.3, 0.4) is 0 Å². The third-order valence-corrected chi connectivity index (χ3v) is 5.93. The molecule has 0 unspecified atom stereocenters. The van der Waals surface area contributed by atoms with E-state index in [2.05, 4.69) is 10.3 Å². The normalized spacial score (nSPS) is 10.7. The number of benzene rings is 3. The first-order valence-corrected chi connectivity index (χ1v) is 11.0. The number of methoxy groups -OCH3 is 1. The molecule has 0 aliphatic heterocycles. The van der Waals surface area contributed by atoms with E-state index in [1.165, 1.54) is 54.8 Å². The van der Waals surface area contributed by atoms with Crippen molar-refractivity contribution < 1.29 is 23.0 Å². The molecule has 0 aliphatic carbocycles. The van der Waals surface area contributed by atoms with E-state index in [9.17, 15) is 13.6 Å². The summed E-state index contributed by atoms with van der Waals surface area (Å²) in [4.78, 5) is 16.8. The van der Waals surface area contributed by atoms with Gasteiger partial charge in [-0.2, -0.15) is 0 Å². The van der Waals surface area contributed by atoms with Crippen LogP contribution in [0.5, 0.6) is 11.5 Å². The van der Waals surface area contributed by atoms with Crippen molar-refractivity contribution in [2.24, 2.45) is 0 Å². The van der Waals surface area contributed by atoms with E-state index in [0.29, 0.717) is 27.8 Å². The van der Waals surface area contributed by atoms with Crippen LogP contribution in [0.1, 0.15) is 16.1 Å². The highest BCUT2D eigenvalue weighted by molar-refractivity contribution is 7.13. The molecule has 0 radical (unpaired) electrons. The molecule has 33 heavy (non-hydrogen) atoms. The van der Waals surface area contributed by atoms with Gasteiger partial charge in [0.25, 0.3) is 5.91 Å². The highest BCUT2D eigenvalue weighted by atomic mass is 35.5. The van der Waals surface area contributed by atoms with Gasteiger partial charge in [0.15, 0.2) is 11.5 Å². The summed E-state index contributed by atoms with van der Waals surface area (Å²) in [6.07, 6.45) is 0. The molecule has 3 aromatic carbocycles. The first-order valence-electron chi connectivity index (χ1n) is 9.71. The van der Waals surface area contributed by atoms with Crippen LogP contribution in [0.15, 0.2) is 66.0 Å².